The Bertz CT molecular complexity index is 979. The third-order valence-corrected chi connectivity index (χ3v) is 4.59. The van der Waals surface area contributed by atoms with E-state index >= 15 is 0 Å². The lowest BCUT2D eigenvalue weighted by atomic mass is 10.1. The lowest BCUT2D eigenvalue weighted by molar-refractivity contribution is 0.0880. The molecule has 8 heteroatoms. The van der Waals surface area contributed by atoms with Crippen molar-refractivity contribution in [3.05, 3.63) is 50.8 Å². The fourth-order valence-corrected chi connectivity index (χ4v) is 3.01. The summed E-state index contributed by atoms with van der Waals surface area (Å²) in [5.74, 6) is -0.243. The maximum absolute atomic E-state index is 12.4. The third kappa shape index (κ3) is 2.66. The van der Waals surface area contributed by atoms with Crippen molar-refractivity contribution in [2.75, 3.05) is 12.3 Å². The molecule has 128 valence electrons. The number of benzene rings is 1. The Balaban J connectivity index is 1.76. The molecule has 1 aliphatic heterocycles. The van der Waals surface area contributed by atoms with E-state index in [0.717, 1.165) is 23.5 Å². The molecular weight excluding hydrogens is 346 g/mol. The second-order valence-electron chi connectivity index (χ2n) is 6.14. The van der Waals surface area contributed by atoms with Gasteiger partial charge < -0.3 is 10.5 Å². The number of nitrogen functional groups attached to an aromatic ring is 1. The predicted molar refractivity (Wildman–Crippen MR) is 91.5 cm³/mol. The van der Waals surface area contributed by atoms with Gasteiger partial charge in [-0.15, -0.1) is 0 Å². The maximum atomic E-state index is 12.4. The van der Waals surface area contributed by atoms with E-state index in [1.54, 1.807) is 18.2 Å². The van der Waals surface area contributed by atoms with E-state index in [0.29, 0.717) is 29.0 Å². The average Bonchev–Trinajstić information content (AvgIpc) is 3.33. The van der Waals surface area contributed by atoms with Gasteiger partial charge in [0.25, 0.3) is 17.4 Å². The van der Waals surface area contributed by atoms with Gasteiger partial charge in [-0.05, 0) is 37.0 Å². The molecule has 7 nitrogen and oxygen atoms in total. The lowest BCUT2D eigenvalue weighted by Gasteiger charge is -2.14. The van der Waals surface area contributed by atoms with E-state index in [4.69, 9.17) is 22.1 Å². The number of fused-ring (bicyclic) bond motifs is 1. The van der Waals surface area contributed by atoms with Gasteiger partial charge in [0.2, 0.25) is 0 Å². The van der Waals surface area contributed by atoms with E-state index in [-0.39, 0.29) is 16.9 Å². The molecule has 0 atom stereocenters. The molecule has 2 aliphatic rings. The Labute approximate surface area is 147 Å². The maximum Gasteiger partial charge on any atom is 0.262 e. The SMILES string of the molecule is Nc1c2c(cc(=O)n1-c1ccc(OCC3CC3)c(Cl)c1)C(=O)NC2=O. The summed E-state index contributed by atoms with van der Waals surface area (Å²) in [6.07, 6.45) is 2.33. The summed E-state index contributed by atoms with van der Waals surface area (Å²) in [6, 6.07) is 5.93. The van der Waals surface area contributed by atoms with E-state index in [1.807, 2.05) is 0 Å². The van der Waals surface area contributed by atoms with Crippen LogP contribution in [0.2, 0.25) is 5.02 Å². The number of hydrogen-bond donors (Lipinski definition) is 2. The van der Waals surface area contributed by atoms with Gasteiger partial charge in [0.15, 0.2) is 0 Å². The molecule has 1 aromatic heterocycles. The molecule has 0 radical (unpaired) electrons. The molecule has 2 heterocycles. The molecule has 2 aromatic rings. The molecule has 0 saturated heterocycles. The number of ether oxygens (including phenoxy) is 1. The van der Waals surface area contributed by atoms with Crippen LogP contribution in [0.25, 0.3) is 5.69 Å². The fraction of sp³-hybridized carbons (Fsp3) is 0.235. The molecule has 0 unspecified atom stereocenters. The number of rotatable bonds is 4. The highest BCUT2D eigenvalue weighted by Gasteiger charge is 2.32. The summed E-state index contributed by atoms with van der Waals surface area (Å²) in [5.41, 5.74) is 5.84. The molecule has 0 spiro atoms. The number of imide groups is 1. The van der Waals surface area contributed by atoms with Gasteiger partial charge in [-0.25, -0.2) is 0 Å². The number of anilines is 1. The van der Waals surface area contributed by atoms with Crippen LogP contribution in [0, 0.1) is 5.92 Å². The molecule has 1 saturated carbocycles. The smallest absolute Gasteiger partial charge is 0.262 e. The Morgan fingerprint density at radius 3 is 2.64 bits per heavy atom. The van der Waals surface area contributed by atoms with Gasteiger partial charge >= 0.3 is 0 Å². The van der Waals surface area contributed by atoms with Crippen LogP contribution in [-0.4, -0.2) is 23.0 Å². The van der Waals surface area contributed by atoms with Crippen molar-refractivity contribution in [3.8, 4) is 11.4 Å². The average molecular weight is 360 g/mol. The van der Waals surface area contributed by atoms with Gasteiger partial charge in [0.05, 0.1) is 28.4 Å². The second-order valence-corrected chi connectivity index (χ2v) is 6.55. The number of carbonyl (C=O) groups excluding carboxylic acids is 2. The quantitative estimate of drug-likeness (QED) is 0.809. The van der Waals surface area contributed by atoms with Crippen molar-refractivity contribution in [1.29, 1.82) is 0 Å². The first kappa shape index (κ1) is 15.7. The van der Waals surface area contributed by atoms with Crippen molar-refractivity contribution in [2.24, 2.45) is 5.92 Å². The number of halogens is 1. The Morgan fingerprint density at radius 2 is 1.96 bits per heavy atom. The molecule has 2 amide bonds. The molecule has 1 aliphatic carbocycles. The highest BCUT2D eigenvalue weighted by molar-refractivity contribution is 6.32. The highest BCUT2D eigenvalue weighted by Crippen LogP contribution is 2.33. The zero-order valence-electron chi connectivity index (χ0n) is 13.0. The van der Waals surface area contributed by atoms with Gasteiger partial charge in [-0.1, -0.05) is 11.6 Å². The minimum absolute atomic E-state index is 0.00483. The predicted octanol–water partition coefficient (Wildman–Crippen LogP) is 1.75. The number of carbonyl (C=O) groups is 2. The number of aromatic nitrogens is 1. The van der Waals surface area contributed by atoms with Gasteiger partial charge in [-0.2, -0.15) is 0 Å². The van der Waals surface area contributed by atoms with Crippen molar-refractivity contribution >= 4 is 29.2 Å². The van der Waals surface area contributed by atoms with Crippen molar-refractivity contribution in [1.82, 2.24) is 9.88 Å². The summed E-state index contributed by atoms with van der Waals surface area (Å²) in [4.78, 5) is 36.0. The van der Waals surface area contributed by atoms with Crippen molar-refractivity contribution < 1.29 is 14.3 Å². The number of pyridine rings is 1. The normalized spacial score (nSPS) is 15.9. The Kier molecular flexibility index (Phi) is 3.54. The summed E-state index contributed by atoms with van der Waals surface area (Å²) in [5, 5.41) is 2.46. The first-order chi connectivity index (χ1) is 12.0. The van der Waals surface area contributed by atoms with Crippen LogP contribution < -0.4 is 21.3 Å². The molecule has 4 rings (SSSR count). The second kappa shape index (κ2) is 5.63. The first-order valence-electron chi connectivity index (χ1n) is 7.79. The van der Waals surface area contributed by atoms with Crippen molar-refractivity contribution in [3.63, 3.8) is 0 Å². The number of hydrogen-bond acceptors (Lipinski definition) is 5. The van der Waals surface area contributed by atoms with E-state index < -0.39 is 17.4 Å². The minimum atomic E-state index is -0.627. The van der Waals surface area contributed by atoms with E-state index in [1.165, 1.54) is 0 Å². The largest absolute Gasteiger partial charge is 0.492 e. The van der Waals surface area contributed by atoms with Crippen LogP contribution in [0.3, 0.4) is 0 Å². The lowest BCUT2D eigenvalue weighted by Crippen LogP contribution is -2.24. The highest BCUT2D eigenvalue weighted by atomic mass is 35.5. The fourth-order valence-electron chi connectivity index (χ4n) is 2.78. The summed E-state index contributed by atoms with van der Waals surface area (Å²) < 4.78 is 6.80. The van der Waals surface area contributed by atoms with E-state index in [2.05, 4.69) is 5.32 Å². The number of amides is 2. The van der Waals surface area contributed by atoms with Gasteiger partial charge in [-0.3, -0.25) is 24.3 Å². The first-order valence-corrected chi connectivity index (χ1v) is 8.17. The Hall–Kier alpha value is -2.80. The summed E-state index contributed by atoms with van der Waals surface area (Å²) in [6.45, 7) is 0.613. The van der Waals surface area contributed by atoms with Crippen molar-refractivity contribution in [2.45, 2.75) is 12.8 Å². The summed E-state index contributed by atoms with van der Waals surface area (Å²) in [7, 11) is 0. The number of nitrogens with two attached hydrogens (primary N) is 1. The summed E-state index contributed by atoms with van der Waals surface area (Å²) >= 11 is 6.24. The van der Waals surface area contributed by atoms with Crippen LogP contribution in [0.4, 0.5) is 5.82 Å². The minimum Gasteiger partial charge on any atom is -0.492 e. The molecular formula is C17H14ClN3O4. The van der Waals surface area contributed by atoms with Crippen LogP contribution in [0.1, 0.15) is 33.6 Å². The van der Waals surface area contributed by atoms with Gasteiger partial charge in [0.1, 0.15) is 11.6 Å². The van der Waals surface area contributed by atoms with Crippen LogP contribution in [-0.2, 0) is 0 Å². The molecule has 1 aromatic carbocycles. The molecule has 25 heavy (non-hydrogen) atoms. The Morgan fingerprint density at radius 1 is 1.20 bits per heavy atom. The van der Waals surface area contributed by atoms with Gasteiger partial charge in [0, 0.05) is 6.07 Å². The topological polar surface area (TPSA) is 103 Å². The van der Waals surface area contributed by atoms with E-state index in [9.17, 15) is 14.4 Å². The molecule has 0 bridgehead atoms. The van der Waals surface area contributed by atoms with Crippen LogP contribution in [0.15, 0.2) is 29.1 Å². The zero-order valence-corrected chi connectivity index (χ0v) is 13.8. The number of nitrogens with zero attached hydrogens (tertiary/aromatic N) is 1. The van der Waals surface area contributed by atoms with Crippen LogP contribution >= 0.6 is 11.6 Å². The van der Waals surface area contributed by atoms with Crippen LogP contribution in [0.5, 0.6) is 5.75 Å². The monoisotopic (exact) mass is 359 g/mol. The number of nitrogens with one attached hydrogen (secondary N) is 1. The standard InChI is InChI=1S/C17H14ClN3O4/c18-11-5-9(3-4-12(11)25-7-8-1-2-8)21-13(22)6-10-14(15(21)19)17(24)20-16(10)23/h3-6,8H,1-2,7,19H2,(H,20,23,24). The third-order valence-electron chi connectivity index (χ3n) is 4.30. The molecule has 1 fully saturated rings. The molecule has 3 N–H and O–H groups in total. The zero-order chi connectivity index (χ0) is 17.7.